The van der Waals surface area contributed by atoms with Gasteiger partial charge in [0.15, 0.2) is 5.34 Å². The van der Waals surface area contributed by atoms with E-state index in [-0.39, 0.29) is 32.0 Å². The molecular formula is C17H27O6P. The standard InChI is InChI=1S/C17H27O6P/c1-5-21-16(22-6-2)24(20,23-7-3)17(19,13-14(4)18)15-11-9-8-10-12-15/h8-12,16,19H,5-7,13H2,1-4H3/t17-,24?/m1/s1. The lowest BCUT2D eigenvalue weighted by atomic mass is 10.0. The molecular weight excluding hydrogens is 331 g/mol. The minimum absolute atomic E-state index is 0.0843. The molecule has 0 aromatic heterocycles. The summed E-state index contributed by atoms with van der Waals surface area (Å²) in [6, 6.07) is 7.15. The van der Waals surface area contributed by atoms with Crippen molar-refractivity contribution in [1.29, 1.82) is 0 Å². The van der Waals surface area contributed by atoms with Gasteiger partial charge < -0.3 is 19.1 Å². The van der Waals surface area contributed by atoms with E-state index in [1.807, 2.05) is 0 Å². The summed E-state index contributed by atoms with van der Waals surface area (Å²) in [6.07, 6.45) is -0.356. The maximum Gasteiger partial charge on any atom is 0.292 e. The van der Waals surface area contributed by atoms with Gasteiger partial charge in [0.05, 0.1) is 6.61 Å². The van der Waals surface area contributed by atoms with Crippen LogP contribution in [0.3, 0.4) is 0 Å². The number of ketones is 1. The lowest BCUT2D eigenvalue weighted by molar-refractivity contribution is -0.121. The Labute approximate surface area is 143 Å². The molecule has 1 unspecified atom stereocenters. The Morgan fingerprint density at radius 1 is 1.12 bits per heavy atom. The van der Waals surface area contributed by atoms with E-state index in [0.29, 0.717) is 5.56 Å². The second-order valence-corrected chi connectivity index (χ2v) is 7.91. The van der Waals surface area contributed by atoms with Gasteiger partial charge in [-0.05, 0) is 33.3 Å². The number of hydrogen-bond acceptors (Lipinski definition) is 6. The molecule has 2 atom stereocenters. The van der Waals surface area contributed by atoms with Crippen LogP contribution in [0.2, 0.25) is 0 Å². The van der Waals surface area contributed by atoms with Crippen LogP contribution in [-0.2, 0) is 28.7 Å². The maximum absolute atomic E-state index is 13.8. The number of carbonyl (C=O) groups excluding carboxylic acids is 1. The van der Waals surface area contributed by atoms with E-state index in [1.54, 1.807) is 51.1 Å². The van der Waals surface area contributed by atoms with Gasteiger partial charge in [0.2, 0.25) is 6.03 Å². The highest BCUT2D eigenvalue weighted by molar-refractivity contribution is 7.60. The SMILES string of the molecule is CCOC(OCC)P(=O)(OCC)[C@](O)(CC(C)=O)c1ccccc1. The molecule has 0 fully saturated rings. The fraction of sp³-hybridized carbons (Fsp3) is 0.588. The largest absolute Gasteiger partial charge is 0.374 e. The van der Waals surface area contributed by atoms with E-state index in [0.717, 1.165) is 0 Å². The van der Waals surface area contributed by atoms with Crippen molar-refractivity contribution in [2.75, 3.05) is 19.8 Å². The first-order valence-corrected chi connectivity index (χ1v) is 9.80. The van der Waals surface area contributed by atoms with E-state index in [4.69, 9.17) is 14.0 Å². The zero-order valence-corrected chi connectivity index (χ0v) is 15.6. The second-order valence-electron chi connectivity index (χ2n) is 5.29. The lowest BCUT2D eigenvalue weighted by Gasteiger charge is -2.39. The zero-order valence-electron chi connectivity index (χ0n) is 14.7. The number of rotatable bonds is 11. The molecule has 0 radical (unpaired) electrons. The van der Waals surface area contributed by atoms with E-state index < -0.39 is 18.7 Å². The van der Waals surface area contributed by atoms with Crippen molar-refractivity contribution in [3.63, 3.8) is 0 Å². The fourth-order valence-corrected chi connectivity index (χ4v) is 5.22. The molecule has 7 heteroatoms. The molecule has 0 aliphatic carbocycles. The van der Waals surface area contributed by atoms with Crippen molar-refractivity contribution in [2.45, 2.75) is 45.5 Å². The van der Waals surface area contributed by atoms with Crippen molar-refractivity contribution in [3.05, 3.63) is 35.9 Å². The molecule has 1 rings (SSSR count). The molecule has 0 saturated carbocycles. The molecule has 0 spiro atoms. The van der Waals surface area contributed by atoms with Crippen molar-refractivity contribution >= 4 is 13.2 Å². The third-order valence-corrected chi connectivity index (χ3v) is 6.41. The summed E-state index contributed by atoms with van der Waals surface area (Å²) in [4.78, 5) is 11.8. The van der Waals surface area contributed by atoms with Gasteiger partial charge in [-0.15, -0.1) is 0 Å². The quantitative estimate of drug-likeness (QED) is 0.482. The second kappa shape index (κ2) is 9.44. The van der Waals surface area contributed by atoms with Gasteiger partial charge in [-0.3, -0.25) is 9.36 Å². The summed E-state index contributed by atoms with van der Waals surface area (Å²) in [5.41, 5.74) is 0.335. The summed E-state index contributed by atoms with van der Waals surface area (Å²) in [6.45, 7) is 7.01. The van der Waals surface area contributed by atoms with E-state index in [2.05, 4.69) is 0 Å². The third kappa shape index (κ3) is 4.52. The summed E-state index contributed by atoms with van der Waals surface area (Å²) in [5, 5.41) is 9.34. The van der Waals surface area contributed by atoms with Crippen LogP contribution < -0.4 is 0 Å². The van der Waals surface area contributed by atoms with Crippen molar-refractivity contribution in [3.8, 4) is 0 Å². The lowest BCUT2D eigenvalue weighted by Crippen LogP contribution is -2.36. The maximum atomic E-state index is 13.8. The summed E-state index contributed by atoms with van der Waals surface area (Å²) in [7, 11) is -3.97. The molecule has 0 saturated heterocycles. The smallest absolute Gasteiger partial charge is 0.292 e. The predicted molar refractivity (Wildman–Crippen MR) is 91.9 cm³/mol. The molecule has 1 N–H and O–H groups in total. The third-order valence-electron chi connectivity index (χ3n) is 3.46. The van der Waals surface area contributed by atoms with E-state index in [1.165, 1.54) is 6.92 Å². The van der Waals surface area contributed by atoms with Crippen LogP contribution >= 0.6 is 7.37 Å². The van der Waals surface area contributed by atoms with Crippen LogP contribution in [0, 0.1) is 0 Å². The fourth-order valence-electron chi connectivity index (χ4n) is 2.51. The number of carbonyl (C=O) groups is 1. The summed E-state index contributed by atoms with van der Waals surface area (Å²) >= 11 is 0. The van der Waals surface area contributed by atoms with Gasteiger partial charge in [-0.2, -0.15) is 0 Å². The van der Waals surface area contributed by atoms with Crippen LogP contribution in [0.1, 0.15) is 39.7 Å². The Morgan fingerprint density at radius 3 is 2.08 bits per heavy atom. The highest BCUT2D eigenvalue weighted by Crippen LogP contribution is 2.68. The Kier molecular flexibility index (Phi) is 8.27. The first kappa shape index (κ1) is 21.0. The Hall–Kier alpha value is -1.04. The number of hydrogen-bond donors (Lipinski definition) is 1. The van der Waals surface area contributed by atoms with Crippen LogP contribution in [0.4, 0.5) is 0 Å². The number of Topliss-reactive ketones (excluding diaryl/α,β-unsaturated/α-hetero) is 1. The zero-order chi connectivity index (χ0) is 18.2. The van der Waals surface area contributed by atoms with Gasteiger partial charge in [0.1, 0.15) is 5.78 Å². The van der Waals surface area contributed by atoms with Gasteiger partial charge in [0.25, 0.3) is 7.37 Å². The molecule has 0 aliphatic rings. The minimum atomic E-state index is -3.97. The molecule has 0 amide bonds. The number of benzene rings is 1. The van der Waals surface area contributed by atoms with Crippen molar-refractivity contribution in [2.24, 2.45) is 0 Å². The Bertz CT molecular complexity index is 555. The minimum Gasteiger partial charge on any atom is -0.374 e. The predicted octanol–water partition coefficient (Wildman–Crippen LogP) is 3.48. The van der Waals surface area contributed by atoms with Crippen LogP contribution in [-0.4, -0.2) is 36.7 Å². The first-order valence-electron chi connectivity index (χ1n) is 8.10. The normalized spacial score (nSPS) is 16.6. The first-order chi connectivity index (χ1) is 11.4. The molecule has 6 nitrogen and oxygen atoms in total. The van der Waals surface area contributed by atoms with Crippen molar-refractivity contribution < 1.29 is 28.5 Å². The van der Waals surface area contributed by atoms with Gasteiger partial charge in [-0.1, -0.05) is 30.3 Å². The number of aliphatic hydroxyl groups is 1. The van der Waals surface area contributed by atoms with Gasteiger partial charge >= 0.3 is 0 Å². The van der Waals surface area contributed by atoms with Crippen molar-refractivity contribution in [1.82, 2.24) is 0 Å². The topological polar surface area (TPSA) is 82.1 Å². The number of ether oxygens (including phenoxy) is 2. The van der Waals surface area contributed by atoms with Gasteiger partial charge in [0, 0.05) is 19.6 Å². The van der Waals surface area contributed by atoms with Crippen LogP contribution in [0.25, 0.3) is 0 Å². The molecule has 0 bridgehead atoms. The van der Waals surface area contributed by atoms with Gasteiger partial charge in [-0.25, -0.2) is 0 Å². The van der Waals surface area contributed by atoms with E-state index >= 15 is 0 Å². The Morgan fingerprint density at radius 2 is 1.67 bits per heavy atom. The van der Waals surface area contributed by atoms with E-state index in [9.17, 15) is 14.5 Å². The molecule has 1 aromatic carbocycles. The van der Waals surface area contributed by atoms with Crippen LogP contribution in [0.15, 0.2) is 30.3 Å². The highest BCUT2D eigenvalue weighted by Gasteiger charge is 2.56. The monoisotopic (exact) mass is 358 g/mol. The molecule has 24 heavy (non-hydrogen) atoms. The average Bonchev–Trinajstić information content (AvgIpc) is 2.54. The van der Waals surface area contributed by atoms with Crippen LogP contribution in [0.5, 0.6) is 0 Å². The molecule has 1 aromatic rings. The molecule has 0 heterocycles. The Balaban J connectivity index is 3.51. The molecule has 136 valence electrons. The average molecular weight is 358 g/mol. The molecule has 0 aliphatic heterocycles. The summed E-state index contributed by atoms with van der Waals surface area (Å²) in [5.74, 6) is -0.312. The highest BCUT2D eigenvalue weighted by atomic mass is 31.2. The summed E-state index contributed by atoms with van der Waals surface area (Å²) < 4.78 is 30.2.